The third-order valence-corrected chi connectivity index (χ3v) is 4.54. The zero-order valence-corrected chi connectivity index (χ0v) is 15.6. The summed E-state index contributed by atoms with van der Waals surface area (Å²) in [6, 6.07) is 11.0. The second-order valence-electron chi connectivity index (χ2n) is 5.49. The maximum Gasteiger partial charge on any atom is 0.317 e. The topological polar surface area (TPSA) is 81.4 Å². The van der Waals surface area contributed by atoms with Gasteiger partial charge in [0, 0.05) is 5.69 Å². The number of hydrogen-bond acceptors (Lipinski definition) is 6. The van der Waals surface area contributed by atoms with E-state index in [1.807, 2.05) is 12.1 Å². The van der Waals surface area contributed by atoms with E-state index in [0.717, 1.165) is 17.8 Å². The molecule has 3 rings (SSSR count). The molecule has 0 unspecified atom stereocenters. The summed E-state index contributed by atoms with van der Waals surface area (Å²) in [4.78, 5) is 28.2. The summed E-state index contributed by atoms with van der Waals surface area (Å²) in [6.45, 7) is 1.43. The lowest BCUT2D eigenvalue weighted by Gasteiger charge is -2.13. The van der Waals surface area contributed by atoms with E-state index in [9.17, 15) is 14.0 Å². The number of hydrogen-bond donors (Lipinski definition) is 1. The van der Waals surface area contributed by atoms with Crippen molar-refractivity contribution in [3.63, 3.8) is 0 Å². The number of halogens is 2. The van der Waals surface area contributed by atoms with Crippen LogP contribution in [-0.4, -0.2) is 28.7 Å². The van der Waals surface area contributed by atoms with Crippen molar-refractivity contribution in [2.24, 2.45) is 0 Å². The Balaban J connectivity index is 1.50. The first-order valence-corrected chi connectivity index (χ1v) is 9.22. The molecule has 3 aromatic rings. The molecule has 0 aliphatic carbocycles. The number of para-hydroxylation sites is 2. The molecule has 1 atom stereocenters. The fourth-order valence-electron chi connectivity index (χ4n) is 2.14. The van der Waals surface area contributed by atoms with E-state index in [1.54, 1.807) is 12.1 Å². The maximum absolute atomic E-state index is 13.1. The Morgan fingerprint density at radius 2 is 2.11 bits per heavy atom. The molecule has 0 saturated heterocycles. The van der Waals surface area contributed by atoms with Crippen LogP contribution >= 0.6 is 23.4 Å². The van der Waals surface area contributed by atoms with Crippen molar-refractivity contribution in [2.45, 2.75) is 18.3 Å². The summed E-state index contributed by atoms with van der Waals surface area (Å²) < 4.78 is 23.7. The second-order valence-corrected chi connectivity index (χ2v) is 6.82. The quantitative estimate of drug-likeness (QED) is 0.484. The standard InChI is InChI=1S/C18H14ClFN2O4S/c1-10(17(24)21-11-6-7-13(20)12(19)8-11)25-16(23)9-27-18-22-14-4-2-3-5-15(14)26-18/h2-8,10H,9H2,1H3,(H,21,24)/t10-/m1/s1. The van der Waals surface area contributed by atoms with E-state index in [-0.39, 0.29) is 10.8 Å². The first kappa shape index (κ1) is 19.2. The van der Waals surface area contributed by atoms with Crippen molar-refractivity contribution >= 4 is 52.0 Å². The van der Waals surface area contributed by atoms with Gasteiger partial charge in [-0.05, 0) is 37.3 Å². The molecule has 1 heterocycles. The first-order valence-electron chi connectivity index (χ1n) is 7.86. The van der Waals surface area contributed by atoms with Gasteiger partial charge in [-0.2, -0.15) is 0 Å². The van der Waals surface area contributed by atoms with Gasteiger partial charge >= 0.3 is 5.97 Å². The smallest absolute Gasteiger partial charge is 0.317 e. The van der Waals surface area contributed by atoms with Crippen LogP contribution in [0.4, 0.5) is 10.1 Å². The highest BCUT2D eigenvalue weighted by atomic mass is 35.5. The number of esters is 1. The number of ether oxygens (including phenoxy) is 1. The molecule has 0 spiro atoms. The van der Waals surface area contributed by atoms with E-state index in [4.69, 9.17) is 20.8 Å². The molecule has 27 heavy (non-hydrogen) atoms. The summed E-state index contributed by atoms with van der Waals surface area (Å²) >= 11 is 6.73. The molecule has 0 aliphatic rings. The molecule has 0 radical (unpaired) electrons. The lowest BCUT2D eigenvalue weighted by molar-refractivity contribution is -0.150. The van der Waals surface area contributed by atoms with Crippen LogP contribution in [0.2, 0.25) is 5.02 Å². The highest BCUT2D eigenvalue weighted by Crippen LogP contribution is 2.23. The van der Waals surface area contributed by atoms with E-state index >= 15 is 0 Å². The van der Waals surface area contributed by atoms with Crippen LogP contribution in [0.3, 0.4) is 0 Å². The Morgan fingerprint density at radius 3 is 2.85 bits per heavy atom. The van der Waals surface area contributed by atoms with Gasteiger partial charge in [-0.3, -0.25) is 9.59 Å². The van der Waals surface area contributed by atoms with Gasteiger partial charge < -0.3 is 14.5 Å². The molecule has 1 aromatic heterocycles. The Morgan fingerprint density at radius 1 is 1.33 bits per heavy atom. The highest BCUT2D eigenvalue weighted by molar-refractivity contribution is 7.99. The molecular weight excluding hydrogens is 395 g/mol. The summed E-state index contributed by atoms with van der Waals surface area (Å²) in [5.74, 6) is -1.81. The van der Waals surface area contributed by atoms with Gasteiger partial charge in [-0.25, -0.2) is 9.37 Å². The molecule has 6 nitrogen and oxygen atoms in total. The van der Waals surface area contributed by atoms with Gasteiger partial charge in [0.15, 0.2) is 11.7 Å². The van der Waals surface area contributed by atoms with E-state index in [1.165, 1.54) is 19.1 Å². The number of amides is 1. The number of nitrogens with one attached hydrogen (secondary N) is 1. The van der Waals surface area contributed by atoms with Crippen molar-refractivity contribution in [2.75, 3.05) is 11.1 Å². The van der Waals surface area contributed by atoms with Crippen molar-refractivity contribution < 1.29 is 23.1 Å². The van der Waals surface area contributed by atoms with Crippen LogP contribution in [0.5, 0.6) is 0 Å². The number of thioether (sulfide) groups is 1. The van der Waals surface area contributed by atoms with Crippen LogP contribution < -0.4 is 5.32 Å². The Labute approximate surface area is 163 Å². The minimum Gasteiger partial charge on any atom is -0.452 e. The number of fused-ring (bicyclic) bond motifs is 1. The number of oxazole rings is 1. The second kappa shape index (κ2) is 8.41. The fraction of sp³-hybridized carbons (Fsp3) is 0.167. The molecule has 0 aliphatic heterocycles. The van der Waals surface area contributed by atoms with Crippen LogP contribution in [0, 0.1) is 5.82 Å². The predicted octanol–water partition coefficient (Wildman–Crippen LogP) is 4.28. The Hall–Kier alpha value is -2.58. The van der Waals surface area contributed by atoms with Gasteiger partial charge in [-0.1, -0.05) is 35.5 Å². The average molecular weight is 409 g/mol. The summed E-state index contributed by atoms with van der Waals surface area (Å²) in [5, 5.41) is 2.72. The molecule has 9 heteroatoms. The highest BCUT2D eigenvalue weighted by Gasteiger charge is 2.19. The van der Waals surface area contributed by atoms with Gasteiger partial charge in [0.05, 0.1) is 5.02 Å². The number of rotatable bonds is 6. The molecular formula is C18H14ClFN2O4S. The SMILES string of the molecule is C[C@@H](OC(=O)CSc1nc2ccccc2o1)C(=O)Nc1ccc(F)c(Cl)c1. The van der Waals surface area contributed by atoms with Gasteiger partial charge in [0.25, 0.3) is 11.1 Å². The predicted molar refractivity (Wildman–Crippen MR) is 100 cm³/mol. The summed E-state index contributed by atoms with van der Waals surface area (Å²) in [6.07, 6.45) is -1.04. The van der Waals surface area contributed by atoms with Gasteiger partial charge in [0.2, 0.25) is 0 Å². The van der Waals surface area contributed by atoms with E-state index in [2.05, 4.69) is 10.3 Å². The number of anilines is 1. The third kappa shape index (κ3) is 4.99. The minimum absolute atomic E-state index is 0.0627. The maximum atomic E-state index is 13.1. The average Bonchev–Trinajstić information content (AvgIpc) is 3.06. The van der Waals surface area contributed by atoms with E-state index < -0.39 is 23.8 Å². The van der Waals surface area contributed by atoms with Gasteiger partial charge in [-0.15, -0.1) is 0 Å². The van der Waals surface area contributed by atoms with Crippen LogP contribution in [0.15, 0.2) is 52.1 Å². The van der Waals surface area contributed by atoms with Crippen LogP contribution in [0.25, 0.3) is 11.1 Å². The van der Waals surface area contributed by atoms with Crippen molar-refractivity contribution in [1.29, 1.82) is 0 Å². The Bertz CT molecular complexity index is 961. The minimum atomic E-state index is -1.04. The lowest BCUT2D eigenvalue weighted by Crippen LogP contribution is -2.30. The third-order valence-electron chi connectivity index (χ3n) is 3.45. The largest absolute Gasteiger partial charge is 0.452 e. The van der Waals surface area contributed by atoms with Gasteiger partial charge in [0.1, 0.15) is 17.1 Å². The lowest BCUT2D eigenvalue weighted by atomic mass is 10.3. The summed E-state index contributed by atoms with van der Waals surface area (Å²) in [7, 11) is 0. The van der Waals surface area contributed by atoms with Crippen molar-refractivity contribution in [3.05, 3.63) is 53.3 Å². The normalized spacial score (nSPS) is 12.0. The van der Waals surface area contributed by atoms with Crippen molar-refractivity contribution in [1.82, 2.24) is 4.98 Å². The number of nitrogens with zero attached hydrogens (tertiary/aromatic N) is 1. The molecule has 0 bridgehead atoms. The zero-order chi connectivity index (χ0) is 19.4. The first-order chi connectivity index (χ1) is 12.9. The zero-order valence-electron chi connectivity index (χ0n) is 14.1. The fourth-order valence-corrected chi connectivity index (χ4v) is 2.94. The van der Waals surface area contributed by atoms with Crippen LogP contribution in [-0.2, 0) is 14.3 Å². The monoisotopic (exact) mass is 408 g/mol. The molecule has 0 saturated carbocycles. The van der Waals surface area contributed by atoms with E-state index in [0.29, 0.717) is 22.0 Å². The number of carbonyl (C=O) groups excluding carboxylic acids is 2. The molecule has 2 aromatic carbocycles. The Kier molecular flexibility index (Phi) is 5.98. The summed E-state index contributed by atoms with van der Waals surface area (Å²) in [5.41, 5.74) is 1.62. The number of aromatic nitrogens is 1. The molecule has 1 N–H and O–H groups in total. The van der Waals surface area contributed by atoms with Crippen molar-refractivity contribution in [3.8, 4) is 0 Å². The number of carbonyl (C=O) groups is 2. The molecule has 1 amide bonds. The van der Waals surface area contributed by atoms with Crippen LogP contribution in [0.1, 0.15) is 6.92 Å². The molecule has 0 fully saturated rings. The molecule has 140 valence electrons. The number of benzene rings is 2.